The van der Waals surface area contributed by atoms with E-state index in [9.17, 15) is 13.6 Å². The smallest absolute Gasteiger partial charge is 0.307 e. The van der Waals surface area contributed by atoms with Gasteiger partial charge in [-0.05, 0) is 6.07 Å². The Morgan fingerprint density at radius 1 is 1.56 bits per heavy atom. The van der Waals surface area contributed by atoms with E-state index in [1.54, 1.807) is 0 Å². The molecular weight excluding hydrogens is 240 g/mol. The van der Waals surface area contributed by atoms with Crippen LogP contribution in [0.3, 0.4) is 0 Å². The summed E-state index contributed by atoms with van der Waals surface area (Å²) in [6.45, 7) is 0. The first-order valence-electron chi connectivity index (χ1n) is 4.43. The topological polar surface area (TPSA) is 52.3 Å². The van der Waals surface area contributed by atoms with Crippen LogP contribution in [0.1, 0.15) is 18.0 Å². The van der Waals surface area contributed by atoms with Crippen LogP contribution >= 0.6 is 11.6 Å². The summed E-state index contributed by atoms with van der Waals surface area (Å²) in [5.41, 5.74) is 5.55. The number of methoxy groups -OCH3 is 1. The molecule has 0 bridgehead atoms. The van der Waals surface area contributed by atoms with Gasteiger partial charge in [-0.25, -0.2) is 8.78 Å². The number of benzene rings is 1. The third-order valence-electron chi connectivity index (χ3n) is 2.08. The molecule has 16 heavy (non-hydrogen) atoms. The Hall–Kier alpha value is -1.20. The standard InChI is InChI=1S/C10H10ClF2NO2/c1-16-8(15)4-7(14)5-2-3-6(12)9(11)10(5)13/h2-3,7H,4,14H2,1H3. The number of carbonyl (C=O) groups excluding carboxylic acids is 1. The van der Waals surface area contributed by atoms with Crippen LogP contribution in [-0.4, -0.2) is 13.1 Å². The highest BCUT2D eigenvalue weighted by Crippen LogP contribution is 2.26. The van der Waals surface area contributed by atoms with E-state index < -0.39 is 28.7 Å². The van der Waals surface area contributed by atoms with Gasteiger partial charge in [-0.2, -0.15) is 0 Å². The van der Waals surface area contributed by atoms with E-state index in [0.29, 0.717) is 0 Å². The van der Waals surface area contributed by atoms with Gasteiger partial charge in [0, 0.05) is 11.6 Å². The lowest BCUT2D eigenvalue weighted by atomic mass is 10.0. The molecule has 6 heteroatoms. The maximum atomic E-state index is 13.5. The number of halogens is 3. The Labute approximate surface area is 96.1 Å². The van der Waals surface area contributed by atoms with Crippen molar-refractivity contribution in [3.05, 3.63) is 34.4 Å². The van der Waals surface area contributed by atoms with Crippen molar-refractivity contribution in [2.45, 2.75) is 12.5 Å². The molecule has 0 radical (unpaired) electrons. The second kappa shape index (κ2) is 5.23. The average molecular weight is 250 g/mol. The fourth-order valence-corrected chi connectivity index (χ4v) is 1.37. The van der Waals surface area contributed by atoms with Gasteiger partial charge >= 0.3 is 5.97 Å². The van der Waals surface area contributed by atoms with Crippen molar-refractivity contribution in [2.24, 2.45) is 5.73 Å². The Morgan fingerprint density at radius 3 is 2.75 bits per heavy atom. The third kappa shape index (κ3) is 2.68. The van der Waals surface area contributed by atoms with Crippen LogP contribution in [-0.2, 0) is 9.53 Å². The van der Waals surface area contributed by atoms with Gasteiger partial charge in [-0.1, -0.05) is 17.7 Å². The number of hydrogen-bond acceptors (Lipinski definition) is 3. The predicted octanol–water partition coefficient (Wildman–Crippen LogP) is 2.18. The molecule has 1 unspecified atom stereocenters. The summed E-state index contributed by atoms with van der Waals surface area (Å²) >= 11 is 5.38. The molecule has 0 aliphatic rings. The minimum absolute atomic E-state index is 0.0169. The molecule has 0 saturated heterocycles. The Kier molecular flexibility index (Phi) is 4.20. The summed E-state index contributed by atoms with van der Waals surface area (Å²) in [7, 11) is 1.20. The van der Waals surface area contributed by atoms with E-state index in [4.69, 9.17) is 17.3 Å². The van der Waals surface area contributed by atoms with E-state index in [-0.39, 0.29) is 12.0 Å². The van der Waals surface area contributed by atoms with E-state index in [1.165, 1.54) is 7.11 Å². The van der Waals surface area contributed by atoms with Crippen LogP contribution in [0.2, 0.25) is 5.02 Å². The maximum absolute atomic E-state index is 13.5. The highest BCUT2D eigenvalue weighted by atomic mass is 35.5. The first kappa shape index (κ1) is 12.9. The van der Waals surface area contributed by atoms with Crippen molar-refractivity contribution < 1.29 is 18.3 Å². The van der Waals surface area contributed by atoms with Gasteiger partial charge in [0.05, 0.1) is 13.5 Å². The van der Waals surface area contributed by atoms with Crippen molar-refractivity contribution >= 4 is 17.6 Å². The molecule has 1 aromatic rings. The summed E-state index contributed by atoms with van der Waals surface area (Å²) < 4.78 is 30.7. The lowest BCUT2D eigenvalue weighted by Crippen LogP contribution is -2.17. The lowest BCUT2D eigenvalue weighted by Gasteiger charge is -2.12. The van der Waals surface area contributed by atoms with Gasteiger partial charge in [-0.3, -0.25) is 4.79 Å². The molecule has 0 fully saturated rings. The molecular formula is C10H10ClF2NO2. The normalized spacial score (nSPS) is 12.3. The minimum atomic E-state index is -0.946. The van der Waals surface area contributed by atoms with E-state index in [0.717, 1.165) is 12.1 Å². The number of ether oxygens (including phenoxy) is 1. The summed E-state index contributed by atoms with van der Waals surface area (Å²) in [5.74, 6) is -2.39. The quantitative estimate of drug-likeness (QED) is 0.660. The van der Waals surface area contributed by atoms with E-state index in [1.807, 2.05) is 0 Å². The van der Waals surface area contributed by atoms with Gasteiger partial charge in [0.15, 0.2) is 0 Å². The maximum Gasteiger partial charge on any atom is 0.307 e. The molecule has 3 nitrogen and oxygen atoms in total. The Balaban J connectivity index is 2.96. The van der Waals surface area contributed by atoms with Gasteiger partial charge in [-0.15, -0.1) is 0 Å². The van der Waals surface area contributed by atoms with Gasteiger partial charge in [0.25, 0.3) is 0 Å². The largest absolute Gasteiger partial charge is 0.469 e. The van der Waals surface area contributed by atoms with Crippen LogP contribution in [0, 0.1) is 11.6 Å². The molecule has 0 heterocycles. The van der Waals surface area contributed by atoms with Gasteiger partial charge in [0.2, 0.25) is 0 Å². The molecule has 1 aromatic carbocycles. The molecule has 1 rings (SSSR count). The Morgan fingerprint density at radius 2 is 2.19 bits per heavy atom. The molecule has 0 aromatic heterocycles. The predicted molar refractivity (Wildman–Crippen MR) is 54.9 cm³/mol. The van der Waals surface area contributed by atoms with Crippen LogP contribution in [0.25, 0.3) is 0 Å². The zero-order chi connectivity index (χ0) is 12.3. The fourth-order valence-electron chi connectivity index (χ4n) is 1.20. The third-order valence-corrected chi connectivity index (χ3v) is 2.43. The highest BCUT2D eigenvalue weighted by molar-refractivity contribution is 6.30. The summed E-state index contributed by atoms with van der Waals surface area (Å²) in [6, 6.07) is 1.24. The van der Waals surface area contributed by atoms with Crippen LogP contribution < -0.4 is 5.73 Å². The zero-order valence-corrected chi connectivity index (χ0v) is 9.22. The molecule has 0 spiro atoms. The summed E-state index contributed by atoms with van der Waals surface area (Å²) in [5, 5.41) is -0.627. The number of rotatable bonds is 3. The van der Waals surface area contributed by atoms with Crippen molar-refractivity contribution in [1.29, 1.82) is 0 Å². The molecule has 0 aliphatic carbocycles. The van der Waals surface area contributed by atoms with Crippen molar-refractivity contribution in [2.75, 3.05) is 7.11 Å². The number of nitrogens with two attached hydrogens (primary N) is 1. The second-order valence-electron chi connectivity index (χ2n) is 3.15. The fraction of sp³-hybridized carbons (Fsp3) is 0.300. The van der Waals surface area contributed by atoms with E-state index >= 15 is 0 Å². The van der Waals surface area contributed by atoms with Crippen LogP contribution in [0.15, 0.2) is 12.1 Å². The molecule has 0 saturated carbocycles. The monoisotopic (exact) mass is 249 g/mol. The first-order chi connectivity index (χ1) is 7.47. The minimum Gasteiger partial charge on any atom is -0.469 e. The van der Waals surface area contributed by atoms with Crippen LogP contribution in [0.5, 0.6) is 0 Å². The SMILES string of the molecule is COC(=O)CC(N)c1ccc(F)c(Cl)c1F. The number of carbonyl (C=O) groups is 1. The van der Waals surface area contributed by atoms with Crippen molar-refractivity contribution in [3.8, 4) is 0 Å². The second-order valence-corrected chi connectivity index (χ2v) is 3.53. The number of hydrogen-bond donors (Lipinski definition) is 1. The average Bonchev–Trinajstić information content (AvgIpc) is 2.25. The summed E-state index contributed by atoms with van der Waals surface area (Å²) in [4.78, 5) is 10.9. The molecule has 0 amide bonds. The van der Waals surface area contributed by atoms with Gasteiger partial charge < -0.3 is 10.5 Å². The molecule has 1 atom stereocenters. The molecule has 88 valence electrons. The first-order valence-corrected chi connectivity index (χ1v) is 4.81. The zero-order valence-electron chi connectivity index (χ0n) is 8.47. The summed E-state index contributed by atoms with van der Waals surface area (Å²) in [6.07, 6.45) is -0.199. The molecule has 0 aliphatic heterocycles. The van der Waals surface area contributed by atoms with Crippen molar-refractivity contribution in [1.82, 2.24) is 0 Å². The van der Waals surface area contributed by atoms with Crippen LogP contribution in [0.4, 0.5) is 8.78 Å². The lowest BCUT2D eigenvalue weighted by molar-refractivity contribution is -0.141. The molecule has 2 N–H and O–H groups in total. The Bertz CT molecular complexity index is 412. The van der Waals surface area contributed by atoms with Crippen molar-refractivity contribution in [3.63, 3.8) is 0 Å². The van der Waals surface area contributed by atoms with E-state index in [2.05, 4.69) is 4.74 Å². The van der Waals surface area contributed by atoms with Gasteiger partial charge in [0.1, 0.15) is 16.7 Å². The highest BCUT2D eigenvalue weighted by Gasteiger charge is 2.19. The number of esters is 1.